The molecule has 0 aliphatic carbocycles. The van der Waals surface area contributed by atoms with Crippen LogP contribution in [0.15, 0.2) is 0 Å². The Morgan fingerprint density at radius 1 is 1.36 bits per heavy atom. The highest BCUT2D eigenvalue weighted by Crippen LogP contribution is 2.23. The third-order valence-corrected chi connectivity index (χ3v) is 4.69. The molecule has 22 heavy (non-hydrogen) atoms. The summed E-state index contributed by atoms with van der Waals surface area (Å²) in [5.41, 5.74) is -0.0243. The van der Waals surface area contributed by atoms with Crippen molar-refractivity contribution in [2.45, 2.75) is 65.5 Å². The molecule has 0 spiro atoms. The van der Waals surface area contributed by atoms with E-state index in [1.54, 1.807) is 0 Å². The van der Waals surface area contributed by atoms with Gasteiger partial charge in [-0.15, -0.1) is 0 Å². The number of urea groups is 1. The zero-order valence-electron chi connectivity index (χ0n) is 15.0. The Morgan fingerprint density at radius 3 is 2.64 bits per heavy atom. The monoisotopic (exact) mass is 313 g/mol. The molecule has 2 atom stereocenters. The fourth-order valence-corrected chi connectivity index (χ4v) is 2.88. The van der Waals surface area contributed by atoms with E-state index in [0.717, 1.165) is 19.0 Å². The van der Waals surface area contributed by atoms with Crippen LogP contribution in [0, 0.1) is 11.8 Å². The van der Waals surface area contributed by atoms with E-state index >= 15 is 0 Å². The second-order valence-electron chi connectivity index (χ2n) is 7.72. The SMILES string of the molecule is CC1CCCN(C(C)(C)CNC(=O)NCCC(O)C(C)C)C1. The van der Waals surface area contributed by atoms with Crippen LogP contribution in [0.4, 0.5) is 4.79 Å². The highest BCUT2D eigenvalue weighted by Gasteiger charge is 2.30. The summed E-state index contributed by atoms with van der Waals surface area (Å²) in [6.45, 7) is 14.0. The molecule has 5 heteroatoms. The lowest BCUT2D eigenvalue weighted by atomic mass is 9.93. The van der Waals surface area contributed by atoms with E-state index in [1.165, 1.54) is 12.8 Å². The topological polar surface area (TPSA) is 64.6 Å². The lowest BCUT2D eigenvalue weighted by molar-refractivity contribution is 0.0723. The van der Waals surface area contributed by atoms with Gasteiger partial charge in [-0.1, -0.05) is 20.8 Å². The number of piperidine rings is 1. The number of carbonyl (C=O) groups excluding carboxylic acids is 1. The molecule has 1 saturated heterocycles. The van der Waals surface area contributed by atoms with Crippen molar-refractivity contribution in [3.05, 3.63) is 0 Å². The first-order valence-electron chi connectivity index (χ1n) is 8.67. The fraction of sp³-hybridized carbons (Fsp3) is 0.941. The standard InChI is InChI=1S/C17H35N3O2/c1-13(2)15(21)8-9-18-16(22)19-12-17(4,5)20-10-6-7-14(3)11-20/h13-15,21H,6-12H2,1-5H3,(H2,18,19,22). The van der Waals surface area contributed by atoms with Crippen molar-refractivity contribution in [1.82, 2.24) is 15.5 Å². The number of amides is 2. The Kier molecular flexibility index (Phi) is 7.63. The van der Waals surface area contributed by atoms with E-state index in [0.29, 0.717) is 19.5 Å². The molecule has 0 aromatic carbocycles. The van der Waals surface area contributed by atoms with Gasteiger partial charge in [0.1, 0.15) is 0 Å². The number of rotatable bonds is 7. The van der Waals surface area contributed by atoms with E-state index in [2.05, 4.69) is 36.3 Å². The molecule has 1 fully saturated rings. The number of hydrogen-bond acceptors (Lipinski definition) is 3. The maximum atomic E-state index is 11.9. The third kappa shape index (κ3) is 6.53. The number of aliphatic hydroxyl groups is 1. The quantitative estimate of drug-likeness (QED) is 0.675. The Morgan fingerprint density at radius 2 is 2.05 bits per heavy atom. The Hall–Kier alpha value is -0.810. The van der Waals surface area contributed by atoms with Crippen LogP contribution in [0.5, 0.6) is 0 Å². The van der Waals surface area contributed by atoms with Crippen molar-refractivity contribution in [3.8, 4) is 0 Å². The molecular weight excluding hydrogens is 278 g/mol. The van der Waals surface area contributed by atoms with Gasteiger partial charge >= 0.3 is 6.03 Å². The number of aliphatic hydroxyl groups excluding tert-OH is 1. The maximum Gasteiger partial charge on any atom is 0.314 e. The van der Waals surface area contributed by atoms with Crippen molar-refractivity contribution in [3.63, 3.8) is 0 Å². The van der Waals surface area contributed by atoms with Gasteiger partial charge in [-0.25, -0.2) is 4.79 Å². The summed E-state index contributed by atoms with van der Waals surface area (Å²) in [6, 6.07) is -0.144. The number of carbonyl (C=O) groups is 1. The van der Waals surface area contributed by atoms with Gasteiger partial charge in [0.15, 0.2) is 0 Å². The van der Waals surface area contributed by atoms with Crippen molar-refractivity contribution in [2.75, 3.05) is 26.2 Å². The number of likely N-dealkylation sites (tertiary alicyclic amines) is 1. The molecule has 2 amide bonds. The first kappa shape index (κ1) is 19.2. The van der Waals surface area contributed by atoms with E-state index in [9.17, 15) is 9.90 Å². The van der Waals surface area contributed by atoms with Crippen LogP contribution in [-0.2, 0) is 0 Å². The van der Waals surface area contributed by atoms with E-state index in [1.807, 2.05) is 13.8 Å². The first-order chi connectivity index (χ1) is 10.2. The highest BCUT2D eigenvalue weighted by molar-refractivity contribution is 5.73. The van der Waals surface area contributed by atoms with Gasteiger partial charge in [0.2, 0.25) is 0 Å². The molecule has 1 rings (SSSR count). The maximum absolute atomic E-state index is 11.9. The van der Waals surface area contributed by atoms with Gasteiger partial charge in [0, 0.05) is 25.2 Å². The molecule has 1 aliphatic heterocycles. The summed E-state index contributed by atoms with van der Waals surface area (Å²) in [5, 5.41) is 15.5. The summed E-state index contributed by atoms with van der Waals surface area (Å²) < 4.78 is 0. The molecule has 0 radical (unpaired) electrons. The minimum Gasteiger partial charge on any atom is -0.393 e. The number of hydrogen-bond donors (Lipinski definition) is 3. The molecule has 1 aliphatic rings. The predicted octanol–water partition coefficient (Wildman–Crippen LogP) is 2.20. The van der Waals surface area contributed by atoms with E-state index in [4.69, 9.17) is 0 Å². The molecule has 0 saturated carbocycles. The van der Waals surface area contributed by atoms with Crippen LogP contribution in [-0.4, -0.2) is 53.9 Å². The minimum absolute atomic E-state index is 0.0243. The smallest absolute Gasteiger partial charge is 0.314 e. The molecule has 3 N–H and O–H groups in total. The van der Waals surface area contributed by atoms with Crippen LogP contribution in [0.3, 0.4) is 0 Å². The molecule has 0 aromatic rings. The largest absolute Gasteiger partial charge is 0.393 e. The lowest BCUT2D eigenvalue weighted by Crippen LogP contribution is -2.55. The van der Waals surface area contributed by atoms with Gasteiger partial charge in [-0.05, 0) is 51.5 Å². The number of nitrogens with zero attached hydrogens (tertiary/aromatic N) is 1. The van der Waals surface area contributed by atoms with Crippen LogP contribution in [0.1, 0.15) is 53.9 Å². The Labute approximate surface area is 135 Å². The first-order valence-corrected chi connectivity index (χ1v) is 8.67. The molecular formula is C17H35N3O2. The summed E-state index contributed by atoms with van der Waals surface area (Å²) in [4.78, 5) is 14.3. The van der Waals surface area contributed by atoms with Crippen molar-refractivity contribution in [1.29, 1.82) is 0 Å². The lowest BCUT2D eigenvalue weighted by Gasteiger charge is -2.43. The molecule has 0 aromatic heterocycles. The van der Waals surface area contributed by atoms with Gasteiger partial charge in [-0.2, -0.15) is 0 Å². The average molecular weight is 313 g/mol. The second kappa shape index (κ2) is 8.73. The van der Waals surface area contributed by atoms with Crippen molar-refractivity contribution < 1.29 is 9.90 Å². The van der Waals surface area contributed by atoms with Gasteiger partial charge in [0.25, 0.3) is 0 Å². The summed E-state index contributed by atoms with van der Waals surface area (Å²) >= 11 is 0. The molecule has 130 valence electrons. The van der Waals surface area contributed by atoms with Gasteiger partial charge < -0.3 is 15.7 Å². The summed E-state index contributed by atoms with van der Waals surface area (Å²) in [5.74, 6) is 0.962. The van der Waals surface area contributed by atoms with Crippen molar-refractivity contribution >= 4 is 6.03 Å². The molecule has 5 nitrogen and oxygen atoms in total. The van der Waals surface area contributed by atoms with Gasteiger partial charge in [-0.3, -0.25) is 4.90 Å². The Balaban J connectivity index is 2.27. The predicted molar refractivity (Wildman–Crippen MR) is 90.9 cm³/mol. The van der Waals surface area contributed by atoms with Crippen LogP contribution >= 0.6 is 0 Å². The van der Waals surface area contributed by atoms with Crippen molar-refractivity contribution in [2.24, 2.45) is 11.8 Å². The van der Waals surface area contributed by atoms with Crippen LogP contribution in [0.25, 0.3) is 0 Å². The number of nitrogens with one attached hydrogen (secondary N) is 2. The normalized spacial score (nSPS) is 21.7. The van der Waals surface area contributed by atoms with E-state index < -0.39 is 0 Å². The Bertz CT molecular complexity index is 345. The second-order valence-corrected chi connectivity index (χ2v) is 7.72. The summed E-state index contributed by atoms with van der Waals surface area (Å²) in [6.07, 6.45) is 2.78. The van der Waals surface area contributed by atoms with Crippen LogP contribution in [0.2, 0.25) is 0 Å². The van der Waals surface area contributed by atoms with E-state index in [-0.39, 0.29) is 23.6 Å². The molecule has 1 heterocycles. The zero-order valence-corrected chi connectivity index (χ0v) is 15.0. The van der Waals surface area contributed by atoms with Gasteiger partial charge in [0.05, 0.1) is 6.10 Å². The summed E-state index contributed by atoms with van der Waals surface area (Å²) in [7, 11) is 0. The fourth-order valence-electron chi connectivity index (χ4n) is 2.88. The van der Waals surface area contributed by atoms with Crippen LogP contribution < -0.4 is 10.6 Å². The highest BCUT2D eigenvalue weighted by atomic mass is 16.3. The minimum atomic E-state index is -0.355. The molecule has 0 bridgehead atoms. The molecule has 2 unspecified atom stereocenters. The average Bonchev–Trinajstić information content (AvgIpc) is 2.45. The third-order valence-electron chi connectivity index (χ3n) is 4.69. The zero-order chi connectivity index (χ0) is 16.8.